The zero-order chi connectivity index (χ0) is 13.8. The molecule has 2 rings (SSSR count). The van der Waals surface area contributed by atoms with Gasteiger partial charge in [0.1, 0.15) is 11.6 Å². The molecule has 0 saturated carbocycles. The first-order chi connectivity index (χ1) is 9.10. The number of hydrogen-bond acceptors (Lipinski definition) is 4. The molecule has 0 N–H and O–H groups in total. The lowest BCUT2D eigenvalue weighted by atomic mass is 10.2. The lowest BCUT2D eigenvalue weighted by molar-refractivity contribution is 0.414. The van der Waals surface area contributed by atoms with Crippen LogP contribution in [-0.4, -0.2) is 24.1 Å². The van der Waals surface area contributed by atoms with Gasteiger partial charge in [-0.05, 0) is 31.5 Å². The van der Waals surface area contributed by atoms with Crippen molar-refractivity contribution >= 4 is 5.82 Å². The average Bonchev–Trinajstić information content (AvgIpc) is 2.42. The average molecular weight is 257 g/mol. The number of benzene rings is 1. The Hall–Kier alpha value is -2.10. The molecule has 0 aliphatic heterocycles. The summed E-state index contributed by atoms with van der Waals surface area (Å²) in [5, 5.41) is 0. The molecule has 1 heterocycles. The van der Waals surface area contributed by atoms with E-state index in [1.54, 1.807) is 13.3 Å². The van der Waals surface area contributed by atoms with Crippen LogP contribution in [0.5, 0.6) is 5.75 Å². The number of aryl methyl sites for hydroxylation is 2. The van der Waals surface area contributed by atoms with Crippen molar-refractivity contribution < 1.29 is 4.74 Å². The molecule has 0 unspecified atom stereocenters. The largest absolute Gasteiger partial charge is 0.497 e. The van der Waals surface area contributed by atoms with Gasteiger partial charge in [0.2, 0.25) is 0 Å². The molecule has 0 atom stereocenters. The van der Waals surface area contributed by atoms with Crippen LogP contribution in [-0.2, 0) is 6.54 Å². The van der Waals surface area contributed by atoms with Crippen molar-refractivity contribution in [3.63, 3.8) is 0 Å². The lowest BCUT2D eigenvalue weighted by Gasteiger charge is -2.20. The van der Waals surface area contributed by atoms with Crippen molar-refractivity contribution in [2.45, 2.75) is 20.4 Å². The van der Waals surface area contributed by atoms with Crippen molar-refractivity contribution in [3.05, 3.63) is 47.4 Å². The van der Waals surface area contributed by atoms with Gasteiger partial charge in [0, 0.05) is 19.8 Å². The van der Waals surface area contributed by atoms with Gasteiger partial charge in [0.15, 0.2) is 0 Å². The standard InChI is InChI=1S/C15H19N3O/c1-11-9-16-12(2)15(17-11)18(3)10-13-5-7-14(19-4)8-6-13/h5-9H,10H2,1-4H3. The molecule has 0 aliphatic rings. The fourth-order valence-electron chi connectivity index (χ4n) is 1.97. The number of ether oxygens (including phenoxy) is 1. The van der Waals surface area contributed by atoms with Gasteiger partial charge in [-0.25, -0.2) is 4.98 Å². The minimum atomic E-state index is 0.795. The third-order valence-corrected chi connectivity index (χ3v) is 2.99. The Bertz CT molecular complexity index is 552. The molecule has 0 saturated heterocycles. The van der Waals surface area contributed by atoms with Crippen molar-refractivity contribution in [2.75, 3.05) is 19.1 Å². The quantitative estimate of drug-likeness (QED) is 0.844. The molecule has 0 spiro atoms. The van der Waals surface area contributed by atoms with Gasteiger partial charge in [-0.15, -0.1) is 0 Å². The summed E-state index contributed by atoms with van der Waals surface area (Å²) in [6.45, 7) is 4.73. The number of rotatable bonds is 4. The van der Waals surface area contributed by atoms with Crippen LogP contribution in [0.2, 0.25) is 0 Å². The Morgan fingerprint density at radius 3 is 2.47 bits per heavy atom. The third-order valence-electron chi connectivity index (χ3n) is 2.99. The Balaban J connectivity index is 2.15. The second-order valence-electron chi connectivity index (χ2n) is 4.62. The second kappa shape index (κ2) is 5.69. The monoisotopic (exact) mass is 257 g/mol. The summed E-state index contributed by atoms with van der Waals surface area (Å²) in [5.74, 6) is 1.80. The number of aromatic nitrogens is 2. The molecule has 0 fully saturated rings. The molecule has 1 aromatic carbocycles. The summed E-state index contributed by atoms with van der Waals surface area (Å²) in [6.07, 6.45) is 1.79. The highest BCUT2D eigenvalue weighted by molar-refractivity contribution is 5.43. The van der Waals surface area contributed by atoms with E-state index in [4.69, 9.17) is 4.74 Å². The highest BCUT2D eigenvalue weighted by Gasteiger charge is 2.08. The van der Waals surface area contributed by atoms with Gasteiger partial charge < -0.3 is 9.64 Å². The summed E-state index contributed by atoms with van der Waals surface area (Å²) in [6, 6.07) is 8.07. The van der Waals surface area contributed by atoms with Crippen molar-refractivity contribution in [2.24, 2.45) is 0 Å². The maximum atomic E-state index is 5.16. The smallest absolute Gasteiger partial charge is 0.150 e. The van der Waals surface area contributed by atoms with Crippen molar-refractivity contribution in [3.8, 4) is 5.75 Å². The molecular weight excluding hydrogens is 238 g/mol. The Kier molecular flexibility index (Phi) is 4.00. The highest BCUT2D eigenvalue weighted by atomic mass is 16.5. The molecule has 0 radical (unpaired) electrons. The van der Waals surface area contributed by atoms with E-state index in [0.29, 0.717) is 0 Å². The van der Waals surface area contributed by atoms with Crippen molar-refractivity contribution in [1.29, 1.82) is 0 Å². The first kappa shape index (κ1) is 13.3. The summed E-state index contributed by atoms with van der Waals surface area (Å²) in [7, 11) is 3.70. The molecule has 1 aromatic heterocycles. The SMILES string of the molecule is COc1ccc(CN(C)c2nc(C)cnc2C)cc1. The van der Waals surface area contributed by atoms with Crippen molar-refractivity contribution in [1.82, 2.24) is 9.97 Å². The van der Waals surface area contributed by atoms with Gasteiger partial charge in [0.05, 0.1) is 18.5 Å². The van der Waals surface area contributed by atoms with Gasteiger partial charge >= 0.3 is 0 Å². The molecule has 0 amide bonds. The predicted octanol–water partition coefficient (Wildman–Crippen LogP) is 2.74. The number of nitrogens with zero attached hydrogens (tertiary/aromatic N) is 3. The van der Waals surface area contributed by atoms with E-state index < -0.39 is 0 Å². The van der Waals surface area contributed by atoms with Crippen LogP contribution < -0.4 is 9.64 Å². The van der Waals surface area contributed by atoms with Crippen LogP contribution in [0, 0.1) is 13.8 Å². The Morgan fingerprint density at radius 2 is 1.84 bits per heavy atom. The van der Waals surface area contributed by atoms with E-state index in [2.05, 4.69) is 27.0 Å². The van der Waals surface area contributed by atoms with Crippen LogP contribution >= 0.6 is 0 Å². The molecule has 0 aliphatic carbocycles. The predicted molar refractivity (Wildman–Crippen MR) is 76.6 cm³/mol. The van der Waals surface area contributed by atoms with Crippen LogP contribution in [0.1, 0.15) is 17.0 Å². The maximum Gasteiger partial charge on any atom is 0.150 e. The van der Waals surface area contributed by atoms with Gasteiger partial charge in [-0.2, -0.15) is 0 Å². The third kappa shape index (κ3) is 3.22. The van der Waals surface area contributed by atoms with E-state index in [0.717, 1.165) is 29.5 Å². The van der Waals surface area contributed by atoms with Crippen LogP contribution in [0.15, 0.2) is 30.5 Å². The molecule has 100 valence electrons. The minimum absolute atomic E-state index is 0.795. The Labute approximate surface area is 114 Å². The normalized spacial score (nSPS) is 10.3. The van der Waals surface area contributed by atoms with E-state index in [1.165, 1.54) is 5.56 Å². The fraction of sp³-hybridized carbons (Fsp3) is 0.333. The number of methoxy groups -OCH3 is 1. The summed E-state index contributed by atoms with van der Waals surface area (Å²) >= 11 is 0. The van der Waals surface area contributed by atoms with Crippen LogP contribution in [0.3, 0.4) is 0 Å². The lowest BCUT2D eigenvalue weighted by Crippen LogP contribution is -2.19. The van der Waals surface area contributed by atoms with E-state index in [-0.39, 0.29) is 0 Å². The summed E-state index contributed by atoms with van der Waals surface area (Å²) < 4.78 is 5.16. The number of anilines is 1. The Morgan fingerprint density at radius 1 is 1.16 bits per heavy atom. The second-order valence-corrected chi connectivity index (χ2v) is 4.62. The molecule has 19 heavy (non-hydrogen) atoms. The highest BCUT2D eigenvalue weighted by Crippen LogP contribution is 2.18. The van der Waals surface area contributed by atoms with Crippen LogP contribution in [0.4, 0.5) is 5.82 Å². The summed E-state index contributed by atoms with van der Waals surface area (Å²) in [5.41, 5.74) is 3.09. The van der Waals surface area contributed by atoms with Gasteiger partial charge in [-0.1, -0.05) is 12.1 Å². The zero-order valence-electron chi connectivity index (χ0n) is 11.8. The van der Waals surface area contributed by atoms with E-state index >= 15 is 0 Å². The van der Waals surface area contributed by atoms with E-state index in [1.807, 2.05) is 33.0 Å². The number of hydrogen-bond donors (Lipinski definition) is 0. The van der Waals surface area contributed by atoms with Gasteiger partial charge in [-0.3, -0.25) is 4.98 Å². The minimum Gasteiger partial charge on any atom is -0.497 e. The summed E-state index contributed by atoms with van der Waals surface area (Å²) in [4.78, 5) is 11.0. The van der Waals surface area contributed by atoms with E-state index in [9.17, 15) is 0 Å². The molecule has 2 aromatic rings. The van der Waals surface area contributed by atoms with Crippen LogP contribution in [0.25, 0.3) is 0 Å². The topological polar surface area (TPSA) is 38.2 Å². The molecular formula is C15H19N3O. The first-order valence-corrected chi connectivity index (χ1v) is 6.24. The first-order valence-electron chi connectivity index (χ1n) is 6.24. The fourth-order valence-corrected chi connectivity index (χ4v) is 1.97. The molecule has 4 nitrogen and oxygen atoms in total. The maximum absolute atomic E-state index is 5.16. The molecule has 4 heteroatoms. The molecule has 0 bridgehead atoms. The van der Waals surface area contributed by atoms with Gasteiger partial charge in [0.25, 0.3) is 0 Å². The zero-order valence-corrected chi connectivity index (χ0v) is 11.8.